The fourth-order valence-electron chi connectivity index (χ4n) is 4.65. The molecule has 3 rings (SSSR count). The molecule has 2 amide bonds. The van der Waals surface area contributed by atoms with Crippen molar-refractivity contribution in [3.05, 3.63) is 0 Å². The third-order valence-corrected chi connectivity index (χ3v) is 6.32. The minimum Gasteiger partial charge on any atom is -0.355 e. The monoisotopic (exact) mass is 335 g/mol. The van der Waals surface area contributed by atoms with Crippen LogP contribution in [0.15, 0.2) is 0 Å². The van der Waals surface area contributed by atoms with Gasteiger partial charge in [-0.1, -0.05) is 19.8 Å². The Hall–Kier alpha value is -1.10. The Labute approximate surface area is 146 Å². The summed E-state index contributed by atoms with van der Waals surface area (Å²) in [6, 6.07) is 0. The second-order valence-corrected chi connectivity index (χ2v) is 8.60. The first-order chi connectivity index (χ1) is 11.5. The molecule has 0 aromatic heterocycles. The van der Waals surface area contributed by atoms with E-state index in [-0.39, 0.29) is 23.2 Å². The van der Waals surface area contributed by atoms with Gasteiger partial charge < -0.3 is 15.1 Å². The largest absolute Gasteiger partial charge is 0.355 e. The van der Waals surface area contributed by atoms with Crippen molar-refractivity contribution in [3.8, 4) is 0 Å². The average Bonchev–Trinajstić information content (AvgIpc) is 3.23. The Morgan fingerprint density at radius 3 is 2.29 bits per heavy atom. The zero-order valence-electron chi connectivity index (χ0n) is 15.4. The van der Waals surface area contributed by atoms with Crippen molar-refractivity contribution in [1.82, 2.24) is 15.1 Å². The summed E-state index contributed by atoms with van der Waals surface area (Å²) in [7, 11) is 2.14. The van der Waals surface area contributed by atoms with Gasteiger partial charge >= 0.3 is 0 Å². The van der Waals surface area contributed by atoms with Crippen LogP contribution in [-0.2, 0) is 9.59 Å². The first-order valence-corrected chi connectivity index (χ1v) is 9.72. The van der Waals surface area contributed by atoms with Crippen LogP contribution >= 0.6 is 0 Å². The van der Waals surface area contributed by atoms with Crippen molar-refractivity contribution in [3.63, 3.8) is 0 Å². The molecule has 136 valence electrons. The standard InChI is InChI=1S/C19H33N3O2/c1-19(9-12-21(2)14-19)13-20-17(23)15-7-10-22(11-8-15)18(24)16-5-3-4-6-16/h15-16H,3-14H2,1-2H3,(H,20,23)/t19-/m1/s1. The normalized spacial score (nSPS) is 30.0. The molecule has 1 saturated carbocycles. The van der Waals surface area contributed by atoms with Crippen LogP contribution in [0.3, 0.4) is 0 Å². The minimum atomic E-state index is 0.0837. The summed E-state index contributed by atoms with van der Waals surface area (Å²) in [6.07, 6.45) is 7.31. The van der Waals surface area contributed by atoms with Crippen molar-refractivity contribution in [1.29, 1.82) is 0 Å². The molecule has 5 nitrogen and oxygen atoms in total. The summed E-state index contributed by atoms with van der Waals surface area (Å²) in [5.74, 6) is 0.877. The lowest BCUT2D eigenvalue weighted by Crippen LogP contribution is -2.46. The number of rotatable bonds is 4. The van der Waals surface area contributed by atoms with Gasteiger partial charge in [0.2, 0.25) is 11.8 Å². The van der Waals surface area contributed by atoms with Crippen LogP contribution in [0.25, 0.3) is 0 Å². The van der Waals surface area contributed by atoms with Crippen molar-refractivity contribution in [2.24, 2.45) is 17.3 Å². The Morgan fingerprint density at radius 1 is 1.04 bits per heavy atom. The van der Waals surface area contributed by atoms with Crippen molar-refractivity contribution >= 4 is 11.8 Å². The van der Waals surface area contributed by atoms with E-state index < -0.39 is 0 Å². The lowest BCUT2D eigenvalue weighted by Gasteiger charge is -2.33. The molecule has 2 heterocycles. The average molecular weight is 335 g/mol. The van der Waals surface area contributed by atoms with E-state index in [0.717, 1.165) is 64.8 Å². The summed E-state index contributed by atoms with van der Waals surface area (Å²) in [5, 5.41) is 3.19. The Morgan fingerprint density at radius 2 is 1.71 bits per heavy atom. The van der Waals surface area contributed by atoms with Crippen LogP contribution in [0.2, 0.25) is 0 Å². The third kappa shape index (κ3) is 4.11. The number of likely N-dealkylation sites (tertiary alicyclic amines) is 2. The molecule has 0 aromatic rings. The number of piperidine rings is 1. The number of nitrogens with zero attached hydrogens (tertiary/aromatic N) is 2. The fraction of sp³-hybridized carbons (Fsp3) is 0.895. The van der Waals surface area contributed by atoms with E-state index in [1.54, 1.807) is 0 Å². The van der Waals surface area contributed by atoms with Crippen molar-refractivity contribution < 1.29 is 9.59 Å². The van der Waals surface area contributed by atoms with Gasteiger partial charge in [0.15, 0.2) is 0 Å². The zero-order chi connectivity index (χ0) is 17.2. The number of nitrogens with one attached hydrogen (secondary N) is 1. The van der Waals surface area contributed by atoms with Gasteiger partial charge in [-0.3, -0.25) is 9.59 Å². The summed E-state index contributed by atoms with van der Waals surface area (Å²) in [4.78, 5) is 29.3. The summed E-state index contributed by atoms with van der Waals surface area (Å²) in [5.41, 5.74) is 0.212. The molecule has 3 fully saturated rings. The molecular formula is C19H33N3O2. The first kappa shape index (κ1) is 17.7. The third-order valence-electron chi connectivity index (χ3n) is 6.32. The highest BCUT2D eigenvalue weighted by molar-refractivity contribution is 5.81. The number of carbonyl (C=O) groups excluding carboxylic acids is 2. The maximum Gasteiger partial charge on any atom is 0.225 e. The Balaban J connectivity index is 1.41. The molecule has 2 aliphatic heterocycles. The van der Waals surface area contributed by atoms with Gasteiger partial charge in [-0.15, -0.1) is 0 Å². The molecule has 2 saturated heterocycles. The zero-order valence-corrected chi connectivity index (χ0v) is 15.4. The highest BCUT2D eigenvalue weighted by atomic mass is 16.2. The number of hydrogen-bond acceptors (Lipinski definition) is 3. The Bertz CT molecular complexity index is 467. The first-order valence-electron chi connectivity index (χ1n) is 9.72. The molecule has 0 unspecified atom stereocenters. The molecule has 5 heteroatoms. The van der Waals surface area contributed by atoms with Crippen molar-refractivity contribution in [2.45, 2.75) is 51.9 Å². The fourth-order valence-corrected chi connectivity index (χ4v) is 4.65. The lowest BCUT2D eigenvalue weighted by atomic mass is 9.89. The van der Waals surface area contributed by atoms with Gasteiger partial charge in [0.25, 0.3) is 0 Å². The lowest BCUT2D eigenvalue weighted by molar-refractivity contribution is -0.139. The molecule has 0 radical (unpaired) electrons. The van der Waals surface area contributed by atoms with Gasteiger partial charge in [-0.05, 0) is 51.1 Å². The van der Waals surface area contributed by atoms with E-state index in [1.807, 2.05) is 4.90 Å². The van der Waals surface area contributed by atoms with Crippen LogP contribution < -0.4 is 5.32 Å². The highest BCUT2D eigenvalue weighted by Crippen LogP contribution is 2.30. The van der Waals surface area contributed by atoms with E-state index in [1.165, 1.54) is 12.8 Å². The van der Waals surface area contributed by atoms with Gasteiger partial charge in [0.05, 0.1) is 0 Å². The highest BCUT2D eigenvalue weighted by Gasteiger charge is 2.35. The number of hydrogen-bond donors (Lipinski definition) is 1. The number of amides is 2. The Kier molecular flexibility index (Phi) is 5.48. The molecule has 24 heavy (non-hydrogen) atoms. The van der Waals surface area contributed by atoms with Gasteiger partial charge in [-0.2, -0.15) is 0 Å². The molecule has 0 bridgehead atoms. The SMILES string of the molecule is CN1CC[C@](C)(CNC(=O)C2CCN(C(=O)C3CCCC3)CC2)C1. The van der Waals surface area contributed by atoms with Gasteiger partial charge in [0.1, 0.15) is 0 Å². The van der Waals surface area contributed by atoms with E-state index in [2.05, 4.69) is 24.2 Å². The maximum atomic E-state index is 12.5. The van der Waals surface area contributed by atoms with E-state index in [9.17, 15) is 9.59 Å². The smallest absolute Gasteiger partial charge is 0.225 e. The number of carbonyl (C=O) groups is 2. The molecule has 0 aromatic carbocycles. The molecule has 1 aliphatic carbocycles. The molecule has 1 N–H and O–H groups in total. The minimum absolute atomic E-state index is 0.0837. The summed E-state index contributed by atoms with van der Waals surface area (Å²) < 4.78 is 0. The van der Waals surface area contributed by atoms with E-state index in [4.69, 9.17) is 0 Å². The topological polar surface area (TPSA) is 52.7 Å². The second-order valence-electron chi connectivity index (χ2n) is 8.60. The van der Waals surface area contributed by atoms with Crippen LogP contribution in [0.5, 0.6) is 0 Å². The van der Waals surface area contributed by atoms with Gasteiger partial charge in [0, 0.05) is 38.0 Å². The molecule has 0 spiro atoms. The van der Waals surface area contributed by atoms with Crippen LogP contribution in [0.1, 0.15) is 51.9 Å². The second kappa shape index (κ2) is 7.42. The predicted molar refractivity (Wildman–Crippen MR) is 94.5 cm³/mol. The van der Waals surface area contributed by atoms with Crippen LogP contribution in [0, 0.1) is 17.3 Å². The maximum absolute atomic E-state index is 12.5. The van der Waals surface area contributed by atoms with E-state index in [0.29, 0.717) is 5.91 Å². The molecular weight excluding hydrogens is 302 g/mol. The summed E-state index contributed by atoms with van der Waals surface area (Å²) >= 11 is 0. The quantitative estimate of drug-likeness (QED) is 0.853. The molecule has 3 aliphatic rings. The predicted octanol–water partition coefficient (Wildman–Crippen LogP) is 1.87. The van der Waals surface area contributed by atoms with E-state index >= 15 is 0 Å². The van der Waals surface area contributed by atoms with Crippen LogP contribution in [-0.4, -0.2) is 61.4 Å². The van der Waals surface area contributed by atoms with Crippen molar-refractivity contribution in [2.75, 3.05) is 39.8 Å². The van der Waals surface area contributed by atoms with Crippen LogP contribution in [0.4, 0.5) is 0 Å². The summed E-state index contributed by atoms with van der Waals surface area (Å²) in [6.45, 7) is 6.73. The molecule has 1 atom stereocenters. The van der Waals surface area contributed by atoms with Gasteiger partial charge in [-0.25, -0.2) is 0 Å².